The zero-order chi connectivity index (χ0) is 18.7. The number of nitrogens with one attached hydrogen (secondary N) is 2. The third kappa shape index (κ3) is 4.12. The highest BCUT2D eigenvalue weighted by atomic mass is 79.9. The first-order valence-electron chi connectivity index (χ1n) is 7.80. The van der Waals surface area contributed by atoms with Crippen LogP contribution in [0.25, 0.3) is 0 Å². The average Bonchev–Trinajstić information content (AvgIpc) is 2.62. The molecule has 26 heavy (non-hydrogen) atoms. The Kier molecular flexibility index (Phi) is 5.40. The van der Waals surface area contributed by atoms with E-state index in [9.17, 15) is 18.0 Å². The van der Waals surface area contributed by atoms with E-state index in [1.54, 1.807) is 36.4 Å². The number of piperazine rings is 1. The summed E-state index contributed by atoms with van der Waals surface area (Å²) in [6, 6.07) is 12.8. The lowest BCUT2D eigenvalue weighted by atomic mass is 10.2. The van der Waals surface area contributed by atoms with Gasteiger partial charge in [0.05, 0.1) is 11.4 Å². The molecule has 2 aromatic rings. The highest BCUT2D eigenvalue weighted by Gasteiger charge is 2.29. The zero-order valence-corrected chi connectivity index (χ0v) is 16.0. The lowest BCUT2D eigenvalue weighted by molar-refractivity contribution is -0.122. The summed E-state index contributed by atoms with van der Waals surface area (Å²) < 4.78 is 27.4. The van der Waals surface area contributed by atoms with Crippen molar-refractivity contribution >= 4 is 43.5 Å². The maximum atomic E-state index is 12.7. The van der Waals surface area contributed by atoms with E-state index in [4.69, 9.17) is 0 Å². The first kappa shape index (κ1) is 18.6. The van der Waals surface area contributed by atoms with Crippen molar-refractivity contribution in [1.29, 1.82) is 0 Å². The fourth-order valence-corrected chi connectivity index (χ4v) is 4.22. The highest BCUT2D eigenvalue weighted by Crippen LogP contribution is 2.21. The Balaban J connectivity index is 1.80. The predicted molar refractivity (Wildman–Crippen MR) is 100 cm³/mol. The lowest BCUT2D eigenvalue weighted by Gasteiger charge is -2.26. The molecule has 7 nitrogen and oxygen atoms in total. The average molecular weight is 438 g/mol. The lowest BCUT2D eigenvalue weighted by Crippen LogP contribution is -2.49. The molecule has 1 aliphatic heterocycles. The number of rotatable bonds is 4. The van der Waals surface area contributed by atoms with Gasteiger partial charge in [-0.1, -0.05) is 22.0 Å². The van der Waals surface area contributed by atoms with Gasteiger partial charge in [0.2, 0.25) is 15.9 Å². The van der Waals surface area contributed by atoms with Gasteiger partial charge in [-0.3, -0.25) is 9.59 Å². The van der Waals surface area contributed by atoms with Crippen molar-refractivity contribution in [3.8, 4) is 0 Å². The van der Waals surface area contributed by atoms with E-state index < -0.39 is 10.0 Å². The van der Waals surface area contributed by atoms with Gasteiger partial charge in [-0.05, 0) is 42.5 Å². The molecule has 9 heteroatoms. The van der Waals surface area contributed by atoms with Crippen molar-refractivity contribution in [1.82, 2.24) is 9.62 Å². The SMILES string of the molecule is O=C1CN(S(=O)(=O)c2cccc(NC(=O)c3ccc(Br)cc3)c2)CCN1. The fraction of sp³-hybridized carbons (Fsp3) is 0.176. The van der Waals surface area contributed by atoms with Crippen LogP contribution in [0.3, 0.4) is 0 Å². The van der Waals surface area contributed by atoms with Crippen LogP contribution in [0.1, 0.15) is 10.4 Å². The largest absolute Gasteiger partial charge is 0.354 e. The third-order valence-corrected chi connectivity index (χ3v) is 6.21. The van der Waals surface area contributed by atoms with Gasteiger partial charge in [0.15, 0.2) is 0 Å². The smallest absolute Gasteiger partial charge is 0.255 e. The normalized spacial score (nSPS) is 15.3. The van der Waals surface area contributed by atoms with E-state index in [0.29, 0.717) is 11.3 Å². The molecule has 1 fully saturated rings. The van der Waals surface area contributed by atoms with Crippen LogP contribution in [0.5, 0.6) is 0 Å². The van der Waals surface area contributed by atoms with Gasteiger partial charge < -0.3 is 10.6 Å². The van der Waals surface area contributed by atoms with Crippen molar-refractivity contribution in [3.63, 3.8) is 0 Å². The van der Waals surface area contributed by atoms with Gasteiger partial charge in [-0.25, -0.2) is 8.42 Å². The molecule has 1 aliphatic rings. The van der Waals surface area contributed by atoms with E-state index in [1.165, 1.54) is 12.1 Å². The molecule has 2 amide bonds. The summed E-state index contributed by atoms with van der Waals surface area (Å²) in [6.45, 7) is 0.277. The Bertz CT molecular complexity index is 945. The Hall–Kier alpha value is -2.23. The van der Waals surface area contributed by atoms with Crippen LogP contribution >= 0.6 is 15.9 Å². The first-order chi connectivity index (χ1) is 12.4. The van der Waals surface area contributed by atoms with E-state index >= 15 is 0 Å². The Morgan fingerprint density at radius 1 is 1.15 bits per heavy atom. The molecule has 0 radical (unpaired) electrons. The molecule has 0 bridgehead atoms. The van der Waals surface area contributed by atoms with Gasteiger partial charge in [0.1, 0.15) is 0 Å². The molecule has 2 aromatic carbocycles. The standard InChI is InChI=1S/C17H16BrN3O4S/c18-13-6-4-12(5-7-13)17(23)20-14-2-1-3-15(10-14)26(24,25)21-9-8-19-16(22)11-21/h1-7,10H,8-9,11H2,(H,19,22)(H,20,23). The second-order valence-corrected chi connectivity index (χ2v) is 8.53. The second-order valence-electron chi connectivity index (χ2n) is 5.68. The summed E-state index contributed by atoms with van der Waals surface area (Å²) in [5.74, 6) is -0.677. The molecule has 0 aliphatic carbocycles. The van der Waals surface area contributed by atoms with Gasteiger partial charge in [-0.2, -0.15) is 4.31 Å². The molecule has 1 heterocycles. The molecule has 3 rings (SSSR count). The van der Waals surface area contributed by atoms with E-state index in [2.05, 4.69) is 26.6 Å². The molecule has 0 spiro atoms. The van der Waals surface area contributed by atoms with Crippen molar-refractivity contribution in [2.75, 3.05) is 25.0 Å². The third-order valence-electron chi connectivity index (χ3n) is 3.84. The molecular weight excluding hydrogens is 422 g/mol. The topological polar surface area (TPSA) is 95.6 Å². The van der Waals surface area contributed by atoms with Gasteiger partial charge in [0.25, 0.3) is 5.91 Å². The maximum absolute atomic E-state index is 12.7. The number of nitrogens with zero attached hydrogens (tertiary/aromatic N) is 1. The van der Waals surface area contributed by atoms with E-state index in [1.807, 2.05) is 0 Å². The molecule has 0 saturated carbocycles. The Morgan fingerprint density at radius 2 is 1.88 bits per heavy atom. The monoisotopic (exact) mass is 437 g/mol. The molecule has 1 saturated heterocycles. The Morgan fingerprint density at radius 3 is 2.58 bits per heavy atom. The number of halogens is 1. The summed E-state index contributed by atoms with van der Waals surface area (Å²) in [5.41, 5.74) is 0.814. The van der Waals surface area contributed by atoms with Crippen LogP contribution < -0.4 is 10.6 Å². The molecule has 0 unspecified atom stereocenters. The van der Waals surface area contributed by atoms with Crippen LogP contribution in [0, 0.1) is 0 Å². The fourth-order valence-electron chi connectivity index (χ4n) is 2.51. The summed E-state index contributed by atoms with van der Waals surface area (Å²) in [6.07, 6.45) is 0. The number of sulfonamides is 1. The van der Waals surface area contributed by atoms with Crippen LogP contribution in [0.15, 0.2) is 57.9 Å². The summed E-state index contributed by atoms with van der Waals surface area (Å²) >= 11 is 3.30. The van der Waals surface area contributed by atoms with Crippen LogP contribution in [-0.2, 0) is 14.8 Å². The summed E-state index contributed by atoms with van der Waals surface area (Å²) in [7, 11) is -3.81. The molecule has 0 atom stereocenters. The highest BCUT2D eigenvalue weighted by molar-refractivity contribution is 9.10. The van der Waals surface area contributed by atoms with Crippen molar-refractivity contribution in [2.45, 2.75) is 4.90 Å². The van der Waals surface area contributed by atoms with Gasteiger partial charge >= 0.3 is 0 Å². The second kappa shape index (κ2) is 7.56. The first-order valence-corrected chi connectivity index (χ1v) is 10.0. The number of carbonyl (C=O) groups is 2. The number of benzene rings is 2. The number of anilines is 1. The quantitative estimate of drug-likeness (QED) is 0.762. The number of hydrogen-bond acceptors (Lipinski definition) is 4. The Labute approximate surface area is 159 Å². The van der Waals surface area contributed by atoms with Gasteiger partial charge in [0, 0.05) is 28.8 Å². The molecule has 2 N–H and O–H groups in total. The summed E-state index contributed by atoms with van der Waals surface area (Å²) in [5, 5.41) is 5.28. The van der Waals surface area contributed by atoms with Crippen molar-refractivity contribution in [2.24, 2.45) is 0 Å². The summed E-state index contributed by atoms with van der Waals surface area (Å²) in [4.78, 5) is 23.8. The number of amides is 2. The molecular formula is C17H16BrN3O4S. The maximum Gasteiger partial charge on any atom is 0.255 e. The predicted octanol–water partition coefficient (Wildman–Crippen LogP) is 1.82. The molecule has 0 aromatic heterocycles. The number of hydrogen-bond donors (Lipinski definition) is 2. The van der Waals surface area contributed by atoms with Crippen molar-refractivity contribution < 1.29 is 18.0 Å². The minimum absolute atomic E-state index is 0.0285. The van der Waals surface area contributed by atoms with Gasteiger partial charge in [-0.15, -0.1) is 0 Å². The van der Waals surface area contributed by atoms with E-state index in [0.717, 1.165) is 8.78 Å². The van der Waals surface area contributed by atoms with Crippen LogP contribution in [0.2, 0.25) is 0 Å². The van der Waals surface area contributed by atoms with Crippen LogP contribution in [0.4, 0.5) is 5.69 Å². The minimum Gasteiger partial charge on any atom is -0.354 e. The van der Waals surface area contributed by atoms with E-state index in [-0.39, 0.29) is 36.3 Å². The van der Waals surface area contributed by atoms with Crippen LogP contribution in [-0.4, -0.2) is 44.2 Å². The number of carbonyl (C=O) groups excluding carboxylic acids is 2. The van der Waals surface area contributed by atoms with Crippen molar-refractivity contribution in [3.05, 3.63) is 58.6 Å². The molecule has 136 valence electrons. The zero-order valence-electron chi connectivity index (χ0n) is 13.6. The minimum atomic E-state index is -3.81.